The van der Waals surface area contributed by atoms with Crippen molar-refractivity contribution >= 4 is 34.2 Å². The number of nitrogens with zero attached hydrogens (tertiary/aromatic N) is 1. The Morgan fingerprint density at radius 1 is 1.53 bits per heavy atom. The number of rotatable bonds is 1. The molecule has 94 valence electrons. The monoisotopic (exact) mass is 322 g/mol. The quantitative estimate of drug-likeness (QED) is 0.861. The molecule has 2 N–H and O–H groups in total. The van der Waals surface area contributed by atoms with Crippen LogP contribution in [0.5, 0.6) is 0 Å². The van der Waals surface area contributed by atoms with Gasteiger partial charge in [-0.05, 0) is 34.5 Å². The molecule has 1 amide bonds. The smallest absolute Gasteiger partial charge is 0.258 e. The maximum absolute atomic E-state index is 13.5. The average molecular weight is 324 g/mol. The molecule has 1 heterocycles. The van der Waals surface area contributed by atoms with Crippen LogP contribution in [0.4, 0.5) is 4.39 Å². The number of nitrogens with two attached hydrogens (primary N) is 1. The average Bonchev–Trinajstić information content (AvgIpc) is 2.64. The van der Waals surface area contributed by atoms with Crippen LogP contribution >= 0.6 is 28.3 Å². The van der Waals surface area contributed by atoms with Crippen molar-refractivity contribution in [1.29, 1.82) is 0 Å². The van der Waals surface area contributed by atoms with Gasteiger partial charge in [-0.15, -0.1) is 12.4 Å². The number of halogens is 3. The van der Waals surface area contributed by atoms with Crippen LogP contribution in [-0.2, 0) is 0 Å². The number of amides is 1. The maximum Gasteiger partial charge on any atom is 0.258 e. The van der Waals surface area contributed by atoms with Crippen LogP contribution in [0.3, 0.4) is 0 Å². The van der Waals surface area contributed by atoms with Crippen LogP contribution in [0, 0.1) is 5.82 Å². The minimum absolute atomic E-state index is 0. The van der Waals surface area contributed by atoms with Crippen molar-refractivity contribution < 1.29 is 9.18 Å². The van der Waals surface area contributed by atoms with Crippen molar-refractivity contribution in [2.45, 2.75) is 12.5 Å². The second-order valence-corrected chi connectivity index (χ2v) is 4.75. The molecule has 0 aliphatic carbocycles. The molecule has 1 fully saturated rings. The van der Waals surface area contributed by atoms with Crippen molar-refractivity contribution in [2.75, 3.05) is 13.1 Å². The summed E-state index contributed by atoms with van der Waals surface area (Å²) in [5, 5.41) is 0. The first-order valence-electron chi connectivity index (χ1n) is 5.08. The van der Waals surface area contributed by atoms with Gasteiger partial charge in [0.1, 0.15) is 5.82 Å². The minimum Gasteiger partial charge on any atom is -0.337 e. The first-order valence-corrected chi connectivity index (χ1v) is 5.87. The zero-order valence-corrected chi connectivity index (χ0v) is 11.4. The number of hydrogen-bond donors (Lipinski definition) is 1. The van der Waals surface area contributed by atoms with Crippen molar-refractivity contribution in [1.82, 2.24) is 4.90 Å². The van der Waals surface area contributed by atoms with E-state index in [1.807, 2.05) is 0 Å². The predicted octanol–water partition coefficient (Wildman–Crippen LogP) is 2.18. The van der Waals surface area contributed by atoms with Gasteiger partial charge in [0, 0.05) is 23.6 Å². The highest BCUT2D eigenvalue weighted by atomic mass is 79.9. The molecule has 0 spiro atoms. The number of carbonyl (C=O) groups excluding carboxylic acids is 1. The van der Waals surface area contributed by atoms with Crippen molar-refractivity contribution in [2.24, 2.45) is 5.73 Å². The van der Waals surface area contributed by atoms with E-state index in [2.05, 4.69) is 15.9 Å². The van der Waals surface area contributed by atoms with Gasteiger partial charge >= 0.3 is 0 Å². The number of benzene rings is 1. The van der Waals surface area contributed by atoms with Gasteiger partial charge in [-0.1, -0.05) is 6.07 Å². The fourth-order valence-electron chi connectivity index (χ4n) is 1.83. The maximum atomic E-state index is 13.5. The topological polar surface area (TPSA) is 46.3 Å². The van der Waals surface area contributed by atoms with Gasteiger partial charge in [0.2, 0.25) is 0 Å². The lowest BCUT2D eigenvalue weighted by Gasteiger charge is -2.16. The van der Waals surface area contributed by atoms with Gasteiger partial charge in [0.15, 0.2) is 0 Å². The van der Waals surface area contributed by atoms with Crippen molar-refractivity contribution in [3.8, 4) is 0 Å². The molecule has 2 rings (SSSR count). The molecule has 1 aliphatic rings. The van der Waals surface area contributed by atoms with Gasteiger partial charge in [-0.25, -0.2) is 4.39 Å². The molecule has 1 aromatic rings. The third-order valence-electron chi connectivity index (χ3n) is 2.69. The standard InChI is InChI=1S/C11H12BrFN2O.ClH/c12-8-2-1-3-9(13)10(8)11(16)15-5-4-7(14)6-15;/h1-3,7H,4-6,14H2;1H/t7-;/m0./s1. The van der Waals surface area contributed by atoms with Crippen LogP contribution in [0.2, 0.25) is 0 Å². The van der Waals surface area contributed by atoms with Crippen molar-refractivity contribution in [3.63, 3.8) is 0 Å². The van der Waals surface area contributed by atoms with E-state index in [9.17, 15) is 9.18 Å². The van der Waals surface area contributed by atoms with E-state index < -0.39 is 5.82 Å². The molecule has 1 atom stereocenters. The largest absolute Gasteiger partial charge is 0.337 e. The van der Waals surface area contributed by atoms with Crippen LogP contribution in [-0.4, -0.2) is 29.9 Å². The van der Waals surface area contributed by atoms with Crippen LogP contribution in [0.25, 0.3) is 0 Å². The van der Waals surface area contributed by atoms with Gasteiger partial charge in [0.05, 0.1) is 5.56 Å². The summed E-state index contributed by atoms with van der Waals surface area (Å²) in [6.45, 7) is 1.10. The summed E-state index contributed by atoms with van der Waals surface area (Å²) >= 11 is 3.19. The van der Waals surface area contributed by atoms with E-state index >= 15 is 0 Å². The van der Waals surface area contributed by atoms with E-state index in [4.69, 9.17) is 5.73 Å². The van der Waals surface area contributed by atoms with Gasteiger partial charge < -0.3 is 10.6 Å². The van der Waals surface area contributed by atoms with Crippen molar-refractivity contribution in [3.05, 3.63) is 34.1 Å². The summed E-state index contributed by atoms with van der Waals surface area (Å²) in [7, 11) is 0. The van der Waals surface area contributed by atoms with E-state index in [-0.39, 0.29) is 29.9 Å². The Labute approximate surface area is 114 Å². The molecular formula is C11H13BrClFN2O. The number of likely N-dealkylation sites (tertiary alicyclic amines) is 1. The van der Waals surface area contributed by atoms with E-state index in [1.165, 1.54) is 6.07 Å². The van der Waals surface area contributed by atoms with Crippen LogP contribution in [0.1, 0.15) is 16.8 Å². The normalized spacial score (nSPS) is 19.0. The lowest BCUT2D eigenvalue weighted by molar-refractivity contribution is 0.0785. The van der Waals surface area contributed by atoms with Gasteiger partial charge in [0.25, 0.3) is 5.91 Å². The third-order valence-corrected chi connectivity index (χ3v) is 3.35. The zero-order valence-electron chi connectivity index (χ0n) is 9.03. The molecule has 17 heavy (non-hydrogen) atoms. The minimum atomic E-state index is -0.500. The van der Waals surface area contributed by atoms with E-state index in [0.29, 0.717) is 17.6 Å². The number of carbonyl (C=O) groups is 1. The molecule has 0 unspecified atom stereocenters. The molecular weight excluding hydrogens is 310 g/mol. The summed E-state index contributed by atoms with van der Waals surface area (Å²) in [5.74, 6) is -0.794. The number of hydrogen-bond acceptors (Lipinski definition) is 2. The Balaban J connectivity index is 0.00000144. The Hall–Kier alpha value is -0.650. The van der Waals surface area contributed by atoms with Gasteiger partial charge in [-0.3, -0.25) is 4.79 Å². The lowest BCUT2D eigenvalue weighted by atomic mass is 10.2. The predicted molar refractivity (Wildman–Crippen MR) is 69.8 cm³/mol. The van der Waals surface area contributed by atoms with Crippen LogP contribution < -0.4 is 5.73 Å². The van der Waals surface area contributed by atoms with E-state index in [1.54, 1.807) is 17.0 Å². The lowest BCUT2D eigenvalue weighted by Crippen LogP contribution is -2.32. The fourth-order valence-corrected chi connectivity index (χ4v) is 2.34. The highest BCUT2D eigenvalue weighted by molar-refractivity contribution is 9.10. The highest BCUT2D eigenvalue weighted by Gasteiger charge is 2.27. The first kappa shape index (κ1) is 14.4. The molecule has 0 radical (unpaired) electrons. The second-order valence-electron chi connectivity index (χ2n) is 3.90. The Bertz CT molecular complexity index is 410. The van der Waals surface area contributed by atoms with E-state index in [0.717, 1.165) is 6.42 Å². The first-order chi connectivity index (χ1) is 7.59. The highest BCUT2D eigenvalue weighted by Crippen LogP contribution is 2.22. The molecule has 1 saturated heterocycles. The summed E-state index contributed by atoms with van der Waals surface area (Å²) in [5.41, 5.74) is 5.81. The third kappa shape index (κ3) is 2.97. The fraction of sp³-hybridized carbons (Fsp3) is 0.364. The molecule has 3 nitrogen and oxygen atoms in total. The summed E-state index contributed by atoms with van der Waals surface area (Å²) in [6.07, 6.45) is 0.776. The summed E-state index contributed by atoms with van der Waals surface area (Å²) in [4.78, 5) is 13.6. The molecule has 1 aliphatic heterocycles. The van der Waals surface area contributed by atoms with Gasteiger partial charge in [-0.2, -0.15) is 0 Å². The Kier molecular flexibility index (Phi) is 4.91. The molecule has 1 aromatic carbocycles. The second kappa shape index (κ2) is 5.80. The molecule has 0 aromatic heterocycles. The summed E-state index contributed by atoms with van der Waals surface area (Å²) < 4.78 is 14.0. The molecule has 0 bridgehead atoms. The summed E-state index contributed by atoms with van der Waals surface area (Å²) in [6, 6.07) is 4.51. The Morgan fingerprint density at radius 3 is 2.76 bits per heavy atom. The SMILES string of the molecule is Cl.N[C@H]1CCN(C(=O)c2c(F)cccc2Br)C1. The molecule has 0 saturated carbocycles. The van der Waals surface area contributed by atoms with Crippen LogP contribution in [0.15, 0.2) is 22.7 Å². The Morgan fingerprint density at radius 2 is 2.24 bits per heavy atom. The molecule has 6 heteroatoms. The zero-order chi connectivity index (χ0) is 11.7.